The molecule has 23 heavy (non-hydrogen) atoms. The van der Waals surface area contributed by atoms with Crippen molar-refractivity contribution in [2.45, 2.75) is 37.0 Å². The second-order valence-corrected chi connectivity index (χ2v) is 8.53. The van der Waals surface area contributed by atoms with Gasteiger partial charge in [-0.1, -0.05) is 19.9 Å². The highest BCUT2D eigenvalue weighted by Crippen LogP contribution is 2.38. The normalized spacial score (nSPS) is 21.3. The van der Waals surface area contributed by atoms with E-state index >= 15 is 0 Å². The molecule has 0 saturated heterocycles. The number of carbonyl (C=O) groups is 1. The number of nitrogens with zero attached hydrogens (tertiary/aromatic N) is 1. The fraction of sp³-hybridized carbons (Fsp3) is 0.438. The highest BCUT2D eigenvalue weighted by Gasteiger charge is 2.34. The van der Waals surface area contributed by atoms with Gasteiger partial charge in [-0.05, 0) is 30.2 Å². The molecule has 0 saturated carbocycles. The number of sulfonamides is 1. The fourth-order valence-electron chi connectivity index (χ4n) is 3.08. The summed E-state index contributed by atoms with van der Waals surface area (Å²) < 4.78 is 40.1. The Morgan fingerprint density at radius 3 is 2.74 bits per heavy atom. The quantitative estimate of drug-likeness (QED) is 0.901. The van der Waals surface area contributed by atoms with E-state index in [1.165, 1.54) is 12.1 Å². The summed E-state index contributed by atoms with van der Waals surface area (Å²) >= 11 is 0. The van der Waals surface area contributed by atoms with Crippen molar-refractivity contribution in [2.24, 2.45) is 0 Å². The third kappa shape index (κ3) is 2.90. The van der Waals surface area contributed by atoms with Crippen LogP contribution in [0.15, 0.2) is 35.0 Å². The summed E-state index contributed by atoms with van der Waals surface area (Å²) in [5.41, 5.74) is 0.970. The number of nitrogens with one attached hydrogen (secondary N) is 1. The van der Waals surface area contributed by atoms with Crippen molar-refractivity contribution in [1.29, 1.82) is 0 Å². The number of benzene rings is 1. The van der Waals surface area contributed by atoms with E-state index in [0.29, 0.717) is 18.5 Å². The van der Waals surface area contributed by atoms with Gasteiger partial charge in [-0.2, -0.15) is 4.31 Å². The molecule has 0 fully saturated rings. The summed E-state index contributed by atoms with van der Waals surface area (Å²) in [5, 5.41) is 2.76. The first-order chi connectivity index (χ1) is 10.7. The smallest absolute Gasteiger partial charge is 0.243 e. The molecule has 0 atom stereocenters. The van der Waals surface area contributed by atoms with Crippen LogP contribution in [-0.2, 0) is 20.2 Å². The van der Waals surface area contributed by atoms with Crippen LogP contribution in [0.5, 0.6) is 0 Å². The van der Waals surface area contributed by atoms with Gasteiger partial charge in [-0.25, -0.2) is 12.8 Å². The van der Waals surface area contributed by atoms with Gasteiger partial charge in [0.1, 0.15) is 5.83 Å². The number of amides is 1. The lowest BCUT2D eigenvalue weighted by Gasteiger charge is -2.33. The van der Waals surface area contributed by atoms with Gasteiger partial charge in [0.2, 0.25) is 15.9 Å². The Labute approximate surface area is 135 Å². The summed E-state index contributed by atoms with van der Waals surface area (Å²) in [5.74, 6) is -0.508. The molecule has 0 aromatic heterocycles. The lowest BCUT2D eigenvalue weighted by atomic mass is 9.78. The van der Waals surface area contributed by atoms with Gasteiger partial charge < -0.3 is 5.32 Å². The third-order valence-electron chi connectivity index (χ3n) is 4.31. The molecule has 5 nitrogen and oxygen atoms in total. The van der Waals surface area contributed by atoms with Crippen LogP contribution in [0.1, 0.15) is 32.3 Å². The van der Waals surface area contributed by atoms with Crippen LogP contribution in [0.3, 0.4) is 0 Å². The van der Waals surface area contributed by atoms with Crippen LogP contribution in [0.4, 0.5) is 10.1 Å². The van der Waals surface area contributed by atoms with E-state index in [-0.39, 0.29) is 23.9 Å². The Bertz CT molecular complexity index is 800. The standard InChI is InChI=1S/C16H19FN2O3S/c1-16(2)9-15(20)18-14-6-5-12(8-13(14)16)23(21,22)19-7-3-4-11(17)10-19/h4-6,8H,3,7,9-10H2,1-2H3,(H,18,20). The molecule has 7 heteroatoms. The van der Waals surface area contributed by atoms with Gasteiger partial charge in [0.05, 0.1) is 11.4 Å². The lowest BCUT2D eigenvalue weighted by Crippen LogP contribution is -2.36. The Hall–Kier alpha value is -1.73. The molecule has 0 unspecified atom stereocenters. The number of carbonyl (C=O) groups excluding carboxylic acids is 1. The number of hydrogen-bond donors (Lipinski definition) is 1. The van der Waals surface area contributed by atoms with Crippen LogP contribution >= 0.6 is 0 Å². The molecule has 3 rings (SSSR count). The number of fused-ring (bicyclic) bond motifs is 1. The molecule has 2 aliphatic rings. The zero-order valence-electron chi connectivity index (χ0n) is 13.1. The van der Waals surface area contributed by atoms with Crippen LogP contribution < -0.4 is 5.32 Å². The SMILES string of the molecule is CC1(C)CC(=O)Nc2ccc(S(=O)(=O)N3CCC=C(F)C3)cc21. The Morgan fingerprint density at radius 1 is 1.30 bits per heavy atom. The van der Waals surface area contributed by atoms with Gasteiger partial charge >= 0.3 is 0 Å². The molecule has 1 amide bonds. The largest absolute Gasteiger partial charge is 0.326 e. The fourth-order valence-corrected chi connectivity index (χ4v) is 4.52. The van der Waals surface area contributed by atoms with Crippen LogP contribution in [-0.4, -0.2) is 31.7 Å². The summed E-state index contributed by atoms with van der Waals surface area (Å²) in [7, 11) is -3.75. The summed E-state index contributed by atoms with van der Waals surface area (Å²) in [6, 6.07) is 4.67. The van der Waals surface area contributed by atoms with E-state index < -0.39 is 21.3 Å². The predicted octanol–water partition coefficient (Wildman–Crippen LogP) is 2.55. The van der Waals surface area contributed by atoms with E-state index in [4.69, 9.17) is 0 Å². The maximum atomic E-state index is 13.4. The van der Waals surface area contributed by atoms with Crippen molar-refractivity contribution in [3.63, 3.8) is 0 Å². The number of hydrogen-bond acceptors (Lipinski definition) is 3. The maximum Gasteiger partial charge on any atom is 0.243 e. The molecule has 1 aromatic rings. The zero-order valence-corrected chi connectivity index (χ0v) is 13.9. The van der Waals surface area contributed by atoms with Gasteiger partial charge in [0, 0.05) is 24.1 Å². The number of anilines is 1. The van der Waals surface area contributed by atoms with Crippen molar-refractivity contribution in [3.8, 4) is 0 Å². The van der Waals surface area contributed by atoms with E-state index in [1.807, 2.05) is 13.8 Å². The highest BCUT2D eigenvalue weighted by atomic mass is 32.2. The average molecular weight is 338 g/mol. The van der Waals surface area contributed by atoms with Crippen LogP contribution in [0.25, 0.3) is 0 Å². The first-order valence-corrected chi connectivity index (χ1v) is 8.93. The number of rotatable bonds is 2. The van der Waals surface area contributed by atoms with E-state index in [1.54, 1.807) is 12.1 Å². The second-order valence-electron chi connectivity index (χ2n) is 6.59. The number of halogens is 1. The average Bonchev–Trinajstić information content (AvgIpc) is 2.46. The van der Waals surface area contributed by atoms with Crippen molar-refractivity contribution in [3.05, 3.63) is 35.7 Å². The molecule has 1 aromatic carbocycles. The van der Waals surface area contributed by atoms with Gasteiger partial charge in [-0.15, -0.1) is 0 Å². The van der Waals surface area contributed by atoms with E-state index in [2.05, 4.69) is 5.32 Å². The van der Waals surface area contributed by atoms with Crippen molar-refractivity contribution < 1.29 is 17.6 Å². The minimum atomic E-state index is -3.75. The lowest BCUT2D eigenvalue weighted by molar-refractivity contribution is -0.117. The Morgan fingerprint density at radius 2 is 2.04 bits per heavy atom. The molecular weight excluding hydrogens is 319 g/mol. The third-order valence-corrected chi connectivity index (χ3v) is 6.15. The Balaban J connectivity index is 2.02. The molecule has 2 heterocycles. The summed E-state index contributed by atoms with van der Waals surface area (Å²) in [6.07, 6.45) is 2.08. The molecule has 0 radical (unpaired) electrons. The monoisotopic (exact) mass is 338 g/mol. The van der Waals surface area contributed by atoms with Crippen molar-refractivity contribution >= 4 is 21.6 Å². The molecule has 0 spiro atoms. The van der Waals surface area contributed by atoms with Crippen LogP contribution in [0, 0.1) is 0 Å². The second kappa shape index (κ2) is 5.42. The first-order valence-electron chi connectivity index (χ1n) is 7.49. The van der Waals surface area contributed by atoms with Gasteiger partial charge in [0.15, 0.2) is 0 Å². The minimum absolute atomic E-state index is 0.0821. The molecule has 0 aliphatic carbocycles. The van der Waals surface area contributed by atoms with Crippen molar-refractivity contribution in [1.82, 2.24) is 4.31 Å². The minimum Gasteiger partial charge on any atom is -0.326 e. The molecule has 124 valence electrons. The molecule has 2 aliphatic heterocycles. The molecule has 1 N–H and O–H groups in total. The van der Waals surface area contributed by atoms with E-state index in [9.17, 15) is 17.6 Å². The first kappa shape index (κ1) is 16.1. The Kier molecular flexibility index (Phi) is 3.80. The van der Waals surface area contributed by atoms with Crippen molar-refractivity contribution in [2.75, 3.05) is 18.4 Å². The molecular formula is C16H19FN2O3S. The maximum absolute atomic E-state index is 13.4. The zero-order chi connectivity index (χ0) is 16.8. The van der Waals surface area contributed by atoms with Gasteiger partial charge in [-0.3, -0.25) is 4.79 Å². The van der Waals surface area contributed by atoms with Crippen LogP contribution in [0.2, 0.25) is 0 Å². The van der Waals surface area contributed by atoms with Gasteiger partial charge in [0.25, 0.3) is 0 Å². The molecule has 0 bridgehead atoms. The van der Waals surface area contributed by atoms with E-state index in [0.717, 1.165) is 9.87 Å². The highest BCUT2D eigenvalue weighted by molar-refractivity contribution is 7.89. The summed E-state index contributed by atoms with van der Waals surface area (Å²) in [6.45, 7) is 3.86. The topological polar surface area (TPSA) is 66.5 Å². The summed E-state index contributed by atoms with van der Waals surface area (Å²) in [4.78, 5) is 11.9. The predicted molar refractivity (Wildman–Crippen MR) is 85.3 cm³/mol.